The van der Waals surface area contributed by atoms with Gasteiger partial charge in [-0.15, -0.1) is 0 Å². The topological polar surface area (TPSA) is 54.0 Å². The highest BCUT2D eigenvalue weighted by atomic mass is 19.4. The Kier molecular flexibility index (Phi) is 8.22. The maximum Gasteiger partial charge on any atom is 0.417 e. The van der Waals surface area contributed by atoms with E-state index >= 15 is 0 Å². The molecule has 11 heteroatoms. The smallest absolute Gasteiger partial charge is 0.417 e. The van der Waals surface area contributed by atoms with Crippen LogP contribution in [0.15, 0.2) is 66.7 Å². The number of hydrogen-bond donors (Lipinski definition) is 0. The normalized spacial score (nSPS) is 14.9. The summed E-state index contributed by atoms with van der Waals surface area (Å²) in [5, 5.41) is 0. The highest BCUT2D eigenvalue weighted by Crippen LogP contribution is 2.44. The number of ether oxygens (including phenoxy) is 4. The molecule has 0 spiro atoms. The maximum absolute atomic E-state index is 13.6. The van der Waals surface area contributed by atoms with Crippen molar-refractivity contribution < 1.29 is 50.1 Å². The van der Waals surface area contributed by atoms with E-state index in [1.54, 1.807) is 37.3 Å². The van der Waals surface area contributed by atoms with E-state index in [9.17, 15) is 31.1 Å². The molecular formula is C28H24F6O5. The summed E-state index contributed by atoms with van der Waals surface area (Å²) in [7, 11) is 0. The lowest BCUT2D eigenvalue weighted by molar-refractivity contribution is -0.221. The van der Waals surface area contributed by atoms with Gasteiger partial charge < -0.3 is 18.9 Å². The predicted octanol–water partition coefficient (Wildman–Crippen LogP) is 6.78. The fourth-order valence-corrected chi connectivity index (χ4v) is 4.19. The fraction of sp³-hybridized carbons (Fsp3) is 0.321. The minimum atomic E-state index is -4.98. The Morgan fingerprint density at radius 1 is 0.897 bits per heavy atom. The van der Waals surface area contributed by atoms with Crippen molar-refractivity contribution >= 4 is 5.97 Å². The van der Waals surface area contributed by atoms with Crippen LogP contribution >= 0.6 is 0 Å². The van der Waals surface area contributed by atoms with E-state index in [0.717, 1.165) is 11.6 Å². The molecular weight excluding hydrogens is 530 g/mol. The lowest BCUT2D eigenvalue weighted by Gasteiger charge is -2.41. The van der Waals surface area contributed by atoms with Crippen LogP contribution in [0.2, 0.25) is 0 Å². The molecule has 4 rings (SSSR count). The van der Waals surface area contributed by atoms with Crippen LogP contribution < -0.4 is 4.74 Å². The quantitative estimate of drug-likeness (QED) is 0.216. The van der Waals surface area contributed by atoms with E-state index < -0.39 is 40.6 Å². The summed E-state index contributed by atoms with van der Waals surface area (Å²) < 4.78 is 103. The Bertz CT molecular complexity index is 1260. The zero-order valence-corrected chi connectivity index (χ0v) is 20.7. The van der Waals surface area contributed by atoms with Crippen LogP contribution in [-0.4, -0.2) is 32.4 Å². The second-order valence-corrected chi connectivity index (χ2v) is 8.82. The Hall–Kier alpha value is -3.57. The summed E-state index contributed by atoms with van der Waals surface area (Å²) >= 11 is 0. The molecule has 0 saturated carbocycles. The molecule has 5 nitrogen and oxygen atoms in total. The molecule has 0 amide bonds. The second kappa shape index (κ2) is 11.3. The van der Waals surface area contributed by atoms with Crippen molar-refractivity contribution in [2.24, 2.45) is 0 Å². The van der Waals surface area contributed by atoms with Crippen molar-refractivity contribution in [1.82, 2.24) is 0 Å². The molecule has 3 aromatic rings. The third kappa shape index (κ3) is 6.54. The predicted molar refractivity (Wildman–Crippen MR) is 128 cm³/mol. The van der Waals surface area contributed by atoms with Crippen molar-refractivity contribution in [3.8, 4) is 16.9 Å². The first-order valence-corrected chi connectivity index (χ1v) is 11.9. The Balaban J connectivity index is 1.50. The molecule has 3 aromatic carbocycles. The molecule has 0 atom stereocenters. The third-order valence-corrected chi connectivity index (χ3v) is 6.12. The van der Waals surface area contributed by atoms with E-state index in [-0.39, 0.29) is 38.6 Å². The van der Waals surface area contributed by atoms with E-state index in [2.05, 4.69) is 0 Å². The van der Waals surface area contributed by atoms with Gasteiger partial charge in [-0.1, -0.05) is 36.4 Å². The molecule has 1 aliphatic rings. The molecule has 0 N–H and O–H groups in total. The highest BCUT2D eigenvalue weighted by molar-refractivity contribution is 5.73. The van der Waals surface area contributed by atoms with E-state index in [0.29, 0.717) is 23.4 Å². The van der Waals surface area contributed by atoms with Gasteiger partial charge in [-0.3, -0.25) is 0 Å². The van der Waals surface area contributed by atoms with Crippen molar-refractivity contribution in [3.63, 3.8) is 0 Å². The maximum atomic E-state index is 13.6. The van der Waals surface area contributed by atoms with Gasteiger partial charge in [0.1, 0.15) is 24.6 Å². The van der Waals surface area contributed by atoms with E-state index in [4.69, 9.17) is 18.9 Å². The van der Waals surface area contributed by atoms with Crippen molar-refractivity contribution in [2.75, 3.05) is 26.4 Å². The van der Waals surface area contributed by atoms with E-state index in [1.807, 2.05) is 0 Å². The Morgan fingerprint density at radius 3 is 2.05 bits per heavy atom. The SMILES string of the molecule is CCOC(=O)COC1(c2ccc(OCc3cccc(-c4c(C(F)(F)F)cccc4C(F)(F)F)c3)cc2)COC1. The number of halogens is 6. The molecule has 0 aliphatic carbocycles. The van der Waals surface area contributed by atoms with Gasteiger partial charge >= 0.3 is 18.3 Å². The monoisotopic (exact) mass is 554 g/mol. The van der Waals surface area contributed by atoms with Gasteiger partial charge in [-0.25, -0.2) is 4.79 Å². The molecule has 1 saturated heterocycles. The molecule has 0 unspecified atom stereocenters. The van der Waals surface area contributed by atoms with Crippen LogP contribution in [-0.2, 0) is 43.6 Å². The Labute approximate surface area is 220 Å². The third-order valence-electron chi connectivity index (χ3n) is 6.12. The first-order valence-electron chi connectivity index (χ1n) is 11.9. The minimum absolute atomic E-state index is 0.101. The van der Waals surface area contributed by atoms with Gasteiger partial charge in [-0.05, 0) is 53.9 Å². The fourth-order valence-electron chi connectivity index (χ4n) is 4.19. The summed E-state index contributed by atoms with van der Waals surface area (Å²) in [5.41, 5.74) is -3.58. The molecule has 1 aliphatic heterocycles. The summed E-state index contributed by atoms with van der Waals surface area (Å²) in [6, 6.07) is 14.1. The number of alkyl halides is 6. The lowest BCUT2D eigenvalue weighted by atomic mass is 9.91. The second-order valence-electron chi connectivity index (χ2n) is 8.82. The zero-order chi connectivity index (χ0) is 28.3. The first kappa shape index (κ1) is 28.4. The lowest BCUT2D eigenvalue weighted by Crippen LogP contribution is -2.49. The summed E-state index contributed by atoms with van der Waals surface area (Å²) in [6.45, 7) is 2.09. The number of hydrogen-bond acceptors (Lipinski definition) is 5. The minimum Gasteiger partial charge on any atom is -0.489 e. The molecule has 1 heterocycles. The molecule has 0 radical (unpaired) electrons. The number of benzene rings is 3. The van der Waals surface area contributed by atoms with Crippen molar-refractivity contribution in [3.05, 3.63) is 89.0 Å². The van der Waals surface area contributed by atoms with Gasteiger partial charge in [0.2, 0.25) is 0 Å². The number of rotatable bonds is 9. The average Bonchev–Trinajstić information content (AvgIpc) is 2.86. The Morgan fingerprint density at radius 2 is 1.51 bits per heavy atom. The highest BCUT2D eigenvalue weighted by Gasteiger charge is 2.43. The van der Waals surface area contributed by atoms with E-state index in [1.165, 1.54) is 18.2 Å². The van der Waals surface area contributed by atoms with Gasteiger partial charge in [-0.2, -0.15) is 26.3 Å². The zero-order valence-electron chi connectivity index (χ0n) is 20.7. The number of carbonyl (C=O) groups is 1. The van der Waals surface area contributed by atoms with Gasteiger partial charge in [0.15, 0.2) is 0 Å². The van der Waals surface area contributed by atoms with Gasteiger partial charge in [0.05, 0.1) is 30.9 Å². The molecule has 1 fully saturated rings. The van der Waals surface area contributed by atoms with Crippen molar-refractivity contribution in [2.45, 2.75) is 31.5 Å². The molecule has 0 bridgehead atoms. The van der Waals surface area contributed by atoms with Crippen LogP contribution in [0, 0.1) is 0 Å². The van der Waals surface area contributed by atoms with Crippen LogP contribution in [0.3, 0.4) is 0 Å². The largest absolute Gasteiger partial charge is 0.489 e. The van der Waals surface area contributed by atoms with Crippen LogP contribution in [0.25, 0.3) is 11.1 Å². The van der Waals surface area contributed by atoms with Crippen molar-refractivity contribution in [1.29, 1.82) is 0 Å². The van der Waals surface area contributed by atoms with Crippen LogP contribution in [0.4, 0.5) is 26.3 Å². The molecule has 39 heavy (non-hydrogen) atoms. The summed E-state index contributed by atoms with van der Waals surface area (Å²) in [4.78, 5) is 11.7. The molecule has 0 aromatic heterocycles. The standard InChI is InChI=1S/C28H24F6O5/c1-2-37-24(35)15-39-26(16-36-17-26)20-9-11-21(12-10-20)38-14-18-5-3-6-19(13-18)25-22(27(29,30)31)7-4-8-23(25)28(32,33)34/h3-13H,2,14-17H2,1H3. The van der Waals surface area contributed by atoms with Gasteiger partial charge in [0.25, 0.3) is 0 Å². The van der Waals surface area contributed by atoms with Crippen LogP contribution in [0.1, 0.15) is 29.2 Å². The summed E-state index contributed by atoms with van der Waals surface area (Å²) in [6.07, 6.45) is -9.96. The molecule has 208 valence electrons. The van der Waals surface area contributed by atoms with Crippen LogP contribution in [0.5, 0.6) is 5.75 Å². The summed E-state index contributed by atoms with van der Waals surface area (Å²) in [5.74, 6) is -0.0808. The first-order chi connectivity index (χ1) is 18.4. The number of carbonyl (C=O) groups excluding carboxylic acids is 1. The number of esters is 1. The average molecular weight is 554 g/mol. The van der Waals surface area contributed by atoms with Gasteiger partial charge in [0, 0.05) is 5.56 Å².